The molecule has 2 rings (SSSR count). The highest BCUT2D eigenvalue weighted by atomic mass is 15.1. The Hall–Kier alpha value is -0.820. The van der Waals surface area contributed by atoms with Crippen LogP contribution in [0.25, 0.3) is 0 Å². The van der Waals surface area contributed by atoms with E-state index in [-0.39, 0.29) is 0 Å². The van der Waals surface area contributed by atoms with E-state index in [9.17, 15) is 0 Å². The molecular weight excluding hydrogens is 218 g/mol. The molecule has 1 aromatic carbocycles. The first-order valence-corrected chi connectivity index (χ1v) is 7.47. The minimum Gasteiger partial charge on any atom is -0.306 e. The van der Waals surface area contributed by atoms with Gasteiger partial charge in [0.15, 0.2) is 0 Å². The van der Waals surface area contributed by atoms with Crippen molar-refractivity contribution in [3.05, 3.63) is 36.4 Å². The molecule has 1 aromatic rings. The Morgan fingerprint density at radius 1 is 0.722 bits per heavy atom. The molecule has 0 atom stereocenters. The molecule has 1 fully saturated rings. The maximum atomic E-state index is 2.40. The second-order valence-corrected chi connectivity index (χ2v) is 4.14. The molecule has 1 aliphatic rings. The number of rotatable bonds is 0. The molecule has 1 heterocycles. The number of piperidine rings is 1. The van der Waals surface area contributed by atoms with Gasteiger partial charge < -0.3 is 4.90 Å². The maximum Gasteiger partial charge on any atom is -0.00192 e. The zero-order valence-electron chi connectivity index (χ0n) is 13.3. The molecule has 0 unspecified atom stereocenters. The summed E-state index contributed by atoms with van der Waals surface area (Å²) in [7, 11) is 2.20. The van der Waals surface area contributed by atoms with E-state index < -0.39 is 0 Å². The van der Waals surface area contributed by atoms with Gasteiger partial charge in [-0.1, -0.05) is 71.0 Å². The van der Waals surface area contributed by atoms with E-state index in [2.05, 4.69) is 18.9 Å². The Morgan fingerprint density at radius 2 is 1.00 bits per heavy atom. The summed E-state index contributed by atoms with van der Waals surface area (Å²) in [6.45, 7) is 13.0. The lowest BCUT2D eigenvalue weighted by Gasteiger charge is -2.26. The highest BCUT2D eigenvalue weighted by Crippen LogP contribution is 2.13. The zero-order chi connectivity index (χ0) is 14.2. The van der Waals surface area contributed by atoms with E-state index in [1.165, 1.54) is 25.9 Å². The lowest BCUT2D eigenvalue weighted by atomic mass is 10.00. The van der Waals surface area contributed by atoms with Gasteiger partial charge in [0.1, 0.15) is 0 Å². The normalized spacial score (nSPS) is 15.0. The smallest absolute Gasteiger partial charge is 0.00192 e. The average Bonchev–Trinajstić information content (AvgIpc) is 2.49. The standard InChI is InChI=1S/C7H15N.C6H6.2C2H6/c1-7-3-5-8(2)6-4-7;1-2-4-6-5-3-1;2*1-2/h7H,3-6H2,1-2H3;1-6H;2*1-2H3. The van der Waals surface area contributed by atoms with Crippen molar-refractivity contribution in [2.45, 2.75) is 47.5 Å². The fraction of sp³-hybridized carbons (Fsp3) is 0.647. The van der Waals surface area contributed by atoms with Crippen molar-refractivity contribution in [2.75, 3.05) is 20.1 Å². The van der Waals surface area contributed by atoms with E-state index in [1.807, 2.05) is 64.1 Å². The summed E-state index contributed by atoms with van der Waals surface area (Å²) in [6, 6.07) is 12.0. The van der Waals surface area contributed by atoms with Crippen molar-refractivity contribution in [1.29, 1.82) is 0 Å². The second-order valence-electron chi connectivity index (χ2n) is 4.14. The number of likely N-dealkylation sites (tertiary alicyclic amines) is 1. The maximum absolute atomic E-state index is 2.40. The molecule has 0 saturated carbocycles. The molecule has 18 heavy (non-hydrogen) atoms. The summed E-state index contributed by atoms with van der Waals surface area (Å²) in [4.78, 5) is 2.40. The van der Waals surface area contributed by atoms with Crippen LogP contribution in [0.5, 0.6) is 0 Å². The quantitative estimate of drug-likeness (QED) is 0.621. The SMILES string of the molecule is CC.CC.CC1CCN(C)CC1.c1ccccc1. The lowest BCUT2D eigenvalue weighted by molar-refractivity contribution is 0.230. The molecule has 0 aliphatic carbocycles. The summed E-state index contributed by atoms with van der Waals surface area (Å²) in [5, 5.41) is 0. The third-order valence-corrected chi connectivity index (χ3v) is 2.67. The van der Waals surface area contributed by atoms with E-state index >= 15 is 0 Å². The van der Waals surface area contributed by atoms with Crippen molar-refractivity contribution in [3.8, 4) is 0 Å². The molecule has 0 bridgehead atoms. The van der Waals surface area contributed by atoms with Gasteiger partial charge >= 0.3 is 0 Å². The van der Waals surface area contributed by atoms with Crippen LogP contribution in [0, 0.1) is 5.92 Å². The van der Waals surface area contributed by atoms with Crippen molar-refractivity contribution >= 4 is 0 Å². The number of hydrogen-bond acceptors (Lipinski definition) is 1. The third kappa shape index (κ3) is 13.2. The lowest BCUT2D eigenvalue weighted by Crippen LogP contribution is -2.28. The fourth-order valence-corrected chi connectivity index (χ4v) is 1.52. The summed E-state index contributed by atoms with van der Waals surface area (Å²) < 4.78 is 0. The van der Waals surface area contributed by atoms with Gasteiger partial charge in [-0.2, -0.15) is 0 Å². The van der Waals surface area contributed by atoms with Crippen LogP contribution >= 0.6 is 0 Å². The molecule has 1 heteroatoms. The molecule has 0 radical (unpaired) electrons. The summed E-state index contributed by atoms with van der Waals surface area (Å²) in [5.41, 5.74) is 0. The zero-order valence-corrected chi connectivity index (χ0v) is 13.3. The molecule has 0 amide bonds. The van der Waals surface area contributed by atoms with Crippen LogP contribution in [0.15, 0.2) is 36.4 Å². The summed E-state index contributed by atoms with van der Waals surface area (Å²) in [5.74, 6) is 0.978. The van der Waals surface area contributed by atoms with Gasteiger partial charge in [0.2, 0.25) is 0 Å². The highest BCUT2D eigenvalue weighted by Gasteiger charge is 2.10. The third-order valence-electron chi connectivity index (χ3n) is 2.67. The predicted octanol–water partition coefficient (Wildman–Crippen LogP) is 5.09. The minimum absolute atomic E-state index is 0.978. The van der Waals surface area contributed by atoms with Crippen LogP contribution < -0.4 is 0 Å². The van der Waals surface area contributed by atoms with Crippen molar-refractivity contribution in [1.82, 2.24) is 4.90 Å². The second kappa shape index (κ2) is 16.2. The van der Waals surface area contributed by atoms with Gasteiger partial charge in [-0.3, -0.25) is 0 Å². The van der Waals surface area contributed by atoms with E-state index in [4.69, 9.17) is 0 Å². The molecule has 1 nitrogen and oxygen atoms in total. The Labute approximate surface area is 115 Å². The van der Waals surface area contributed by atoms with Gasteiger partial charge in [-0.15, -0.1) is 0 Å². The molecule has 106 valence electrons. The van der Waals surface area contributed by atoms with Gasteiger partial charge in [0.05, 0.1) is 0 Å². The van der Waals surface area contributed by atoms with Gasteiger partial charge in [-0.05, 0) is 38.9 Å². The van der Waals surface area contributed by atoms with E-state index in [0.29, 0.717) is 0 Å². The first-order valence-electron chi connectivity index (χ1n) is 7.47. The van der Waals surface area contributed by atoms with Crippen LogP contribution in [-0.4, -0.2) is 25.0 Å². The van der Waals surface area contributed by atoms with Crippen molar-refractivity contribution in [2.24, 2.45) is 5.92 Å². The Kier molecular flexibility index (Phi) is 17.5. The molecule has 0 spiro atoms. The molecule has 0 N–H and O–H groups in total. The Morgan fingerprint density at radius 3 is 1.22 bits per heavy atom. The van der Waals surface area contributed by atoms with Crippen molar-refractivity contribution in [3.63, 3.8) is 0 Å². The van der Waals surface area contributed by atoms with Crippen molar-refractivity contribution < 1.29 is 0 Å². The first kappa shape index (κ1) is 19.5. The predicted molar refractivity (Wildman–Crippen MR) is 85.0 cm³/mol. The van der Waals surface area contributed by atoms with Crippen LogP contribution in [0.4, 0.5) is 0 Å². The largest absolute Gasteiger partial charge is 0.306 e. The Bertz CT molecular complexity index is 176. The number of benzene rings is 1. The van der Waals surface area contributed by atoms with Crippen LogP contribution in [0.1, 0.15) is 47.5 Å². The number of nitrogens with zero attached hydrogens (tertiary/aromatic N) is 1. The molecule has 1 aliphatic heterocycles. The summed E-state index contributed by atoms with van der Waals surface area (Å²) >= 11 is 0. The molecule has 1 saturated heterocycles. The highest BCUT2D eigenvalue weighted by molar-refractivity contribution is 4.99. The van der Waals surface area contributed by atoms with Crippen LogP contribution in [0.3, 0.4) is 0 Å². The van der Waals surface area contributed by atoms with Crippen LogP contribution in [0.2, 0.25) is 0 Å². The average molecular weight is 251 g/mol. The molecular formula is C17H33N. The topological polar surface area (TPSA) is 3.24 Å². The van der Waals surface area contributed by atoms with Gasteiger partial charge in [0, 0.05) is 0 Å². The van der Waals surface area contributed by atoms with E-state index in [1.54, 1.807) is 0 Å². The van der Waals surface area contributed by atoms with E-state index in [0.717, 1.165) is 5.92 Å². The fourth-order valence-electron chi connectivity index (χ4n) is 1.52. The molecule has 0 aromatic heterocycles. The minimum atomic E-state index is 0.978. The van der Waals surface area contributed by atoms with Crippen LogP contribution in [-0.2, 0) is 0 Å². The Balaban J connectivity index is 0. The van der Waals surface area contributed by atoms with Gasteiger partial charge in [0.25, 0.3) is 0 Å². The first-order chi connectivity index (χ1) is 8.79. The number of hydrogen-bond donors (Lipinski definition) is 0. The van der Waals surface area contributed by atoms with Gasteiger partial charge in [-0.25, -0.2) is 0 Å². The monoisotopic (exact) mass is 251 g/mol. The summed E-state index contributed by atoms with van der Waals surface area (Å²) in [6.07, 6.45) is 2.80.